The highest BCUT2D eigenvalue weighted by molar-refractivity contribution is 6.00. The third-order valence-electron chi connectivity index (χ3n) is 6.77. The van der Waals surface area contributed by atoms with E-state index in [-0.39, 0.29) is 22.8 Å². The fourth-order valence-electron chi connectivity index (χ4n) is 4.79. The Morgan fingerprint density at radius 1 is 1.03 bits per heavy atom. The fraction of sp³-hybridized carbons (Fsp3) is 0.500. The number of aryl methyl sites for hydroxylation is 1. The van der Waals surface area contributed by atoms with Crippen molar-refractivity contribution in [2.75, 3.05) is 51.1 Å². The summed E-state index contributed by atoms with van der Waals surface area (Å²) in [4.78, 5) is 17.4. The smallest absolute Gasteiger partial charge is 0.256 e. The predicted octanol–water partition coefficient (Wildman–Crippen LogP) is 4.69. The zero-order valence-corrected chi connectivity index (χ0v) is 19.7. The minimum atomic E-state index is -1.19. The SMILES string of the molecule is Cc1ccc(Nc2c(C(=O)N3CCC(CNCCN4CCCCC4)C3)ccc(F)c2F)c(F)c1. The summed E-state index contributed by atoms with van der Waals surface area (Å²) in [5.74, 6) is -2.96. The van der Waals surface area contributed by atoms with Crippen molar-refractivity contribution in [2.45, 2.75) is 32.6 Å². The molecule has 5 nitrogen and oxygen atoms in total. The molecule has 2 aromatic carbocycles. The third-order valence-corrected chi connectivity index (χ3v) is 6.77. The molecule has 2 N–H and O–H groups in total. The van der Waals surface area contributed by atoms with Crippen LogP contribution in [0.15, 0.2) is 30.3 Å². The minimum absolute atomic E-state index is 0.00224. The van der Waals surface area contributed by atoms with Crippen LogP contribution in [0.1, 0.15) is 41.6 Å². The number of carbonyl (C=O) groups is 1. The molecule has 0 spiro atoms. The van der Waals surface area contributed by atoms with Crippen molar-refractivity contribution >= 4 is 17.3 Å². The summed E-state index contributed by atoms with van der Waals surface area (Å²) in [6, 6.07) is 6.61. The van der Waals surface area contributed by atoms with Gasteiger partial charge in [-0.1, -0.05) is 12.5 Å². The van der Waals surface area contributed by atoms with E-state index >= 15 is 0 Å². The number of carbonyl (C=O) groups excluding carboxylic acids is 1. The van der Waals surface area contributed by atoms with Crippen molar-refractivity contribution in [2.24, 2.45) is 5.92 Å². The van der Waals surface area contributed by atoms with Crippen molar-refractivity contribution < 1.29 is 18.0 Å². The second kappa shape index (κ2) is 11.2. The summed E-state index contributed by atoms with van der Waals surface area (Å²) in [6.07, 6.45) is 4.72. The lowest BCUT2D eigenvalue weighted by Crippen LogP contribution is -2.37. The van der Waals surface area contributed by atoms with Crippen LogP contribution >= 0.6 is 0 Å². The van der Waals surface area contributed by atoms with Crippen LogP contribution in [-0.4, -0.2) is 61.5 Å². The van der Waals surface area contributed by atoms with E-state index in [0.717, 1.165) is 32.1 Å². The lowest BCUT2D eigenvalue weighted by Gasteiger charge is -2.26. The Morgan fingerprint density at radius 3 is 2.59 bits per heavy atom. The Balaban J connectivity index is 1.37. The molecule has 1 unspecified atom stereocenters. The zero-order valence-electron chi connectivity index (χ0n) is 19.7. The average Bonchev–Trinajstić information content (AvgIpc) is 3.31. The number of nitrogens with one attached hydrogen (secondary N) is 2. The molecular formula is C26H33F3N4O. The summed E-state index contributed by atoms with van der Waals surface area (Å²) in [5, 5.41) is 6.11. The van der Waals surface area contributed by atoms with Crippen molar-refractivity contribution in [3.63, 3.8) is 0 Å². The molecule has 2 saturated heterocycles. The van der Waals surface area contributed by atoms with Gasteiger partial charge < -0.3 is 20.4 Å². The number of amides is 1. The maximum atomic E-state index is 14.7. The van der Waals surface area contributed by atoms with E-state index in [4.69, 9.17) is 0 Å². The standard InChI is InChI=1S/C26H33F3N4O/c1-18-5-8-23(22(28)15-18)31-25-20(6-7-21(27)24(25)29)26(34)33-13-9-19(17-33)16-30-10-14-32-11-3-2-4-12-32/h5-8,15,19,30-31H,2-4,9-14,16-17H2,1H3. The minimum Gasteiger partial charge on any atom is -0.350 e. The van der Waals surface area contributed by atoms with E-state index in [9.17, 15) is 18.0 Å². The molecule has 0 aliphatic carbocycles. The first-order valence-electron chi connectivity index (χ1n) is 12.2. The van der Waals surface area contributed by atoms with Gasteiger partial charge in [0.05, 0.1) is 16.9 Å². The first kappa shape index (κ1) is 24.5. The molecule has 1 atom stereocenters. The van der Waals surface area contributed by atoms with E-state index < -0.39 is 17.5 Å². The van der Waals surface area contributed by atoms with Crippen LogP contribution in [0.5, 0.6) is 0 Å². The van der Waals surface area contributed by atoms with E-state index in [1.54, 1.807) is 17.9 Å². The van der Waals surface area contributed by atoms with Gasteiger partial charge in [-0.3, -0.25) is 4.79 Å². The largest absolute Gasteiger partial charge is 0.350 e. The average molecular weight is 475 g/mol. The fourth-order valence-corrected chi connectivity index (χ4v) is 4.79. The van der Waals surface area contributed by atoms with Gasteiger partial charge in [0, 0.05) is 26.2 Å². The third kappa shape index (κ3) is 5.91. The van der Waals surface area contributed by atoms with Crippen molar-refractivity contribution in [3.8, 4) is 0 Å². The van der Waals surface area contributed by atoms with Gasteiger partial charge in [0.2, 0.25) is 0 Å². The Hall–Kier alpha value is -2.58. The Morgan fingerprint density at radius 2 is 1.82 bits per heavy atom. The van der Waals surface area contributed by atoms with E-state index in [0.29, 0.717) is 24.6 Å². The second-order valence-electron chi connectivity index (χ2n) is 9.40. The maximum absolute atomic E-state index is 14.7. The molecule has 4 rings (SSSR count). The molecule has 2 heterocycles. The van der Waals surface area contributed by atoms with E-state index in [1.807, 2.05) is 0 Å². The molecule has 34 heavy (non-hydrogen) atoms. The predicted molar refractivity (Wildman–Crippen MR) is 128 cm³/mol. The monoisotopic (exact) mass is 474 g/mol. The van der Waals surface area contributed by atoms with E-state index in [2.05, 4.69) is 15.5 Å². The van der Waals surface area contributed by atoms with Crippen LogP contribution < -0.4 is 10.6 Å². The van der Waals surface area contributed by atoms with Gasteiger partial charge in [0.1, 0.15) is 5.82 Å². The topological polar surface area (TPSA) is 47.6 Å². The molecule has 0 radical (unpaired) electrons. The number of likely N-dealkylation sites (tertiary alicyclic amines) is 2. The summed E-state index contributed by atoms with van der Waals surface area (Å²) in [7, 11) is 0. The maximum Gasteiger partial charge on any atom is 0.256 e. The number of hydrogen-bond acceptors (Lipinski definition) is 4. The summed E-state index contributed by atoms with van der Waals surface area (Å²) >= 11 is 0. The number of rotatable bonds is 8. The number of piperidine rings is 1. The van der Waals surface area contributed by atoms with Crippen molar-refractivity contribution in [1.29, 1.82) is 0 Å². The number of benzene rings is 2. The molecule has 2 aliphatic heterocycles. The summed E-state index contributed by atoms with van der Waals surface area (Å²) in [6.45, 7) is 7.95. The first-order chi connectivity index (χ1) is 16.4. The lowest BCUT2D eigenvalue weighted by atomic mass is 10.1. The summed E-state index contributed by atoms with van der Waals surface area (Å²) in [5.41, 5.74) is 0.349. The Bertz CT molecular complexity index is 1010. The molecule has 1 amide bonds. The Labute approximate surface area is 199 Å². The highest BCUT2D eigenvalue weighted by Gasteiger charge is 2.30. The van der Waals surface area contributed by atoms with Gasteiger partial charge >= 0.3 is 0 Å². The normalized spacial score (nSPS) is 18.9. The van der Waals surface area contributed by atoms with Crippen LogP contribution in [0, 0.1) is 30.3 Å². The molecule has 0 bridgehead atoms. The lowest BCUT2D eigenvalue weighted by molar-refractivity contribution is 0.0787. The highest BCUT2D eigenvalue weighted by atomic mass is 19.2. The molecule has 0 saturated carbocycles. The van der Waals surface area contributed by atoms with Crippen molar-refractivity contribution in [1.82, 2.24) is 15.1 Å². The van der Waals surface area contributed by atoms with Gasteiger partial charge in [-0.05, 0) is 81.6 Å². The number of anilines is 2. The number of halogens is 3. The molecule has 0 aromatic heterocycles. The molecule has 184 valence electrons. The first-order valence-corrected chi connectivity index (χ1v) is 12.2. The highest BCUT2D eigenvalue weighted by Crippen LogP contribution is 2.30. The zero-order chi connectivity index (χ0) is 24.1. The van der Waals surface area contributed by atoms with Crippen LogP contribution in [-0.2, 0) is 0 Å². The van der Waals surface area contributed by atoms with Gasteiger partial charge in [0.25, 0.3) is 5.91 Å². The molecule has 8 heteroatoms. The summed E-state index contributed by atoms with van der Waals surface area (Å²) < 4.78 is 43.0. The van der Waals surface area contributed by atoms with Crippen LogP contribution in [0.25, 0.3) is 0 Å². The number of nitrogens with zero attached hydrogens (tertiary/aromatic N) is 2. The number of hydrogen-bond donors (Lipinski definition) is 2. The quantitative estimate of drug-likeness (QED) is 0.545. The van der Waals surface area contributed by atoms with Crippen LogP contribution in [0.4, 0.5) is 24.5 Å². The van der Waals surface area contributed by atoms with Gasteiger partial charge in [-0.15, -0.1) is 0 Å². The second-order valence-corrected chi connectivity index (χ2v) is 9.40. The van der Waals surface area contributed by atoms with E-state index in [1.165, 1.54) is 50.6 Å². The van der Waals surface area contributed by atoms with Gasteiger partial charge in [-0.25, -0.2) is 13.2 Å². The molecule has 2 aromatic rings. The molecule has 2 fully saturated rings. The van der Waals surface area contributed by atoms with Gasteiger partial charge in [0.15, 0.2) is 11.6 Å². The molecule has 2 aliphatic rings. The van der Waals surface area contributed by atoms with Crippen LogP contribution in [0.2, 0.25) is 0 Å². The van der Waals surface area contributed by atoms with Crippen molar-refractivity contribution in [3.05, 3.63) is 58.9 Å². The van der Waals surface area contributed by atoms with Gasteiger partial charge in [-0.2, -0.15) is 0 Å². The molecular weight excluding hydrogens is 441 g/mol. The Kier molecular flexibility index (Phi) is 8.11. The van der Waals surface area contributed by atoms with Crippen LogP contribution in [0.3, 0.4) is 0 Å².